The maximum Gasteiger partial charge on any atom is 0.0742 e. The molecule has 0 spiro atoms. The number of rotatable bonds is 9. The van der Waals surface area contributed by atoms with Crippen molar-refractivity contribution in [1.29, 1.82) is 0 Å². The van der Waals surface area contributed by atoms with Crippen LogP contribution in [0.15, 0.2) is 285 Å². The summed E-state index contributed by atoms with van der Waals surface area (Å²) in [6.07, 6.45) is 0. The van der Waals surface area contributed by atoms with Crippen LogP contribution in [0.3, 0.4) is 0 Å². The second-order valence-electron chi connectivity index (χ2n) is 18.1. The molecule has 1 aliphatic heterocycles. The van der Waals surface area contributed by atoms with E-state index in [4.69, 9.17) is 0 Å². The lowest BCUT2D eigenvalue weighted by molar-refractivity contribution is 0.731. The minimum atomic E-state index is -0.566. The predicted octanol–water partition coefficient (Wildman–Crippen LogP) is 17.8. The molecule has 0 unspecified atom stereocenters. The van der Waals surface area contributed by atoms with Crippen LogP contribution in [0.4, 0.5) is 34.1 Å². The van der Waals surface area contributed by atoms with Crippen molar-refractivity contribution >= 4 is 55.9 Å². The molecule has 2 heterocycles. The van der Waals surface area contributed by atoms with Gasteiger partial charge in [-0.3, -0.25) is 0 Å². The highest BCUT2D eigenvalue weighted by Gasteiger charge is 2.46. The molecule has 0 radical (unpaired) electrons. The highest BCUT2D eigenvalue weighted by atomic mass is 15.2. The van der Waals surface area contributed by atoms with E-state index in [9.17, 15) is 0 Å². The van der Waals surface area contributed by atoms with Gasteiger partial charge in [-0.2, -0.15) is 0 Å². The molecule has 12 aromatic rings. The zero-order valence-corrected chi connectivity index (χ0v) is 38.5. The van der Waals surface area contributed by atoms with Crippen LogP contribution in [0, 0.1) is 0 Å². The molecule has 13 rings (SSSR count). The first-order chi connectivity index (χ1) is 34.7. The van der Waals surface area contributed by atoms with Gasteiger partial charge in [-0.15, -0.1) is 0 Å². The minimum absolute atomic E-state index is 0.566. The molecule has 0 bridgehead atoms. The molecule has 0 N–H and O–H groups in total. The van der Waals surface area contributed by atoms with Crippen molar-refractivity contribution in [2.45, 2.75) is 5.41 Å². The smallest absolute Gasteiger partial charge is 0.0742 e. The van der Waals surface area contributed by atoms with E-state index in [2.05, 4.69) is 299 Å². The van der Waals surface area contributed by atoms with Gasteiger partial charge in [-0.05, 0) is 136 Å². The van der Waals surface area contributed by atoms with E-state index in [-0.39, 0.29) is 0 Å². The average Bonchev–Trinajstić information content (AvgIpc) is 3.77. The first-order valence-electron chi connectivity index (χ1n) is 24.1. The van der Waals surface area contributed by atoms with Gasteiger partial charge in [0.05, 0.1) is 27.8 Å². The van der Waals surface area contributed by atoms with E-state index in [1.165, 1.54) is 55.2 Å². The highest BCUT2D eigenvalue weighted by Crippen LogP contribution is 2.58. The Morgan fingerprint density at radius 2 is 0.786 bits per heavy atom. The van der Waals surface area contributed by atoms with E-state index in [1.54, 1.807) is 0 Å². The van der Waals surface area contributed by atoms with Gasteiger partial charge >= 0.3 is 0 Å². The van der Waals surface area contributed by atoms with E-state index in [1.807, 2.05) is 0 Å². The van der Waals surface area contributed by atoms with Crippen LogP contribution in [0.2, 0.25) is 0 Å². The topological polar surface area (TPSA) is 11.4 Å². The zero-order chi connectivity index (χ0) is 46.4. The first kappa shape index (κ1) is 41.0. The maximum atomic E-state index is 2.46. The lowest BCUT2D eigenvalue weighted by Crippen LogP contribution is -2.37. The van der Waals surface area contributed by atoms with Crippen LogP contribution in [0.25, 0.3) is 49.7 Å². The van der Waals surface area contributed by atoms with Crippen molar-refractivity contribution < 1.29 is 0 Å². The summed E-state index contributed by atoms with van der Waals surface area (Å²) in [4.78, 5) is 4.82. The Morgan fingerprint density at radius 3 is 1.50 bits per heavy atom. The van der Waals surface area contributed by atoms with Crippen molar-refractivity contribution in [3.63, 3.8) is 0 Å². The minimum Gasteiger partial charge on any atom is -0.310 e. The van der Waals surface area contributed by atoms with Gasteiger partial charge in [0.2, 0.25) is 0 Å². The molecule has 70 heavy (non-hydrogen) atoms. The number of benzene rings is 11. The second kappa shape index (κ2) is 17.2. The third-order valence-electron chi connectivity index (χ3n) is 14.2. The third-order valence-corrected chi connectivity index (χ3v) is 14.2. The molecule has 11 aromatic carbocycles. The molecular weight excluding hydrogens is 847 g/mol. The fourth-order valence-electron chi connectivity index (χ4n) is 11.2. The summed E-state index contributed by atoms with van der Waals surface area (Å²) < 4.78 is 2.37. The van der Waals surface area contributed by atoms with E-state index in [0.717, 1.165) is 50.9 Å². The Hall–Kier alpha value is -9.18. The van der Waals surface area contributed by atoms with Gasteiger partial charge in [0.1, 0.15) is 0 Å². The Balaban J connectivity index is 0.927. The molecule has 0 saturated heterocycles. The number of hydrogen-bond donors (Lipinski definition) is 0. The normalized spacial score (nSPS) is 12.7. The molecule has 0 fully saturated rings. The summed E-state index contributed by atoms with van der Waals surface area (Å²) >= 11 is 0. The number of para-hydroxylation sites is 5. The Kier molecular flexibility index (Phi) is 10.1. The molecule has 0 amide bonds. The number of aromatic nitrogens is 1. The summed E-state index contributed by atoms with van der Waals surface area (Å²) in [5.41, 5.74) is 19.3. The monoisotopic (exact) mass is 893 g/mol. The fraction of sp³-hybridized carbons (Fsp3) is 0.0149. The van der Waals surface area contributed by atoms with Crippen molar-refractivity contribution in [2.75, 3.05) is 9.80 Å². The number of anilines is 6. The van der Waals surface area contributed by atoms with Crippen LogP contribution in [0.1, 0.15) is 22.3 Å². The van der Waals surface area contributed by atoms with Crippen molar-refractivity contribution in [1.82, 2.24) is 4.57 Å². The summed E-state index contributed by atoms with van der Waals surface area (Å²) in [6.45, 7) is 0. The van der Waals surface area contributed by atoms with Gasteiger partial charge in [-0.25, -0.2) is 0 Å². The van der Waals surface area contributed by atoms with E-state index < -0.39 is 5.41 Å². The van der Waals surface area contributed by atoms with E-state index in [0.29, 0.717) is 0 Å². The average molecular weight is 894 g/mol. The van der Waals surface area contributed by atoms with Crippen molar-refractivity contribution in [3.05, 3.63) is 307 Å². The van der Waals surface area contributed by atoms with Crippen LogP contribution >= 0.6 is 0 Å². The van der Waals surface area contributed by atoms with E-state index >= 15 is 0 Å². The van der Waals surface area contributed by atoms with Gasteiger partial charge < -0.3 is 14.4 Å². The van der Waals surface area contributed by atoms with Gasteiger partial charge in [0, 0.05) is 39.2 Å². The predicted molar refractivity (Wildman–Crippen MR) is 293 cm³/mol. The fourth-order valence-corrected chi connectivity index (χ4v) is 11.2. The van der Waals surface area contributed by atoms with Crippen LogP contribution in [-0.4, -0.2) is 4.57 Å². The number of fused-ring (bicyclic) bond motifs is 5. The Bertz CT molecular complexity index is 3770. The zero-order valence-electron chi connectivity index (χ0n) is 38.5. The molecule has 3 heteroatoms. The van der Waals surface area contributed by atoms with Crippen LogP contribution < -0.4 is 9.80 Å². The quantitative estimate of drug-likeness (QED) is 0.143. The Morgan fingerprint density at radius 1 is 0.286 bits per heavy atom. The van der Waals surface area contributed by atoms with Crippen molar-refractivity contribution in [3.8, 4) is 27.9 Å². The van der Waals surface area contributed by atoms with Gasteiger partial charge in [-0.1, -0.05) is 194 Å². The highest BCUT2D eigenvalue weighted by molar-refractivity contribution is 6.10. The SMILES string of the molecule is c1ccc(N(c2ccc(-c3ccc4c(c3)c3ccccc3n4-c3ccccc3)cc2)c2cccc(-c3ccc4c(c3)N(c3ccccc3)c3ccccc3C4(c3ccccc3)c3ccccc3)c2)cc1. The van der Waals surface area contributed by atoms with Crippen LogP contribution in [-0.2, 0) is 5.41 Å². The number of hydrogen-bond acceptors (Lipinski definition) is 2. The second-order valence-corrected chi connectivity index (χ2v) is 18.1. The molecule has 0 saturated carbocycles. The summed E-state index contributed by atoms with van der Waals surface area (Å²) in [5, 5.41) is 2.49. The lowest BCUT2D eigenvalue weighted by atomic mass is 9.62. The largest absolute Gasteiger partial charge is 0.310 e. The molecule has 3 nitrogen and oxygen atoms in total. The lowest BCUT2D eigenvalue weighted by Gasteiger charge is -2.46. The summed E-state index contributed by atoms with van der Waals surface area (Å²) in [6, 6.07) is 104. The Labute approximate surface area is 409 Å². The molecule has 330 valence electrons. The van der Waals surface area contributed by atoms with Gasteiger partial charge in [0.15, 0.2) is 0 Å². The van der Waals surface area contributed by atoms with Crippen molar-refractivity contribution in [2.24, 2.45) is 0 Å². The first-order valence-corrected chi connectivity index (χ1v) is 24.1. The summed E-state index contributed by atoms with van der Waals surface area (Å²) in [5.74, 6) is 0. The number of nitrogens with zero attached hydrogens (tertiary/aromatic N) is 3. The molecule has 0 atom stereocenters. The van der Waals surface area contributed by atoms with Crippen LogP contribution in [0.5, 0.6) is 0 Å². The molecule has 1 aromatic heterocycles. The van der Waals surface area contributed by atoms with Gasteiger partial charge in [0.25, 0.3) is 0 Å². The maximum absolute atomic E-state index is 2.46. The third kappa shape index (κ3) is 6.74. The standard InChI is InChI=1S/C67H47N3/c1-6-22-52(23-7-1)67(53-24-8-2-9-25-53)61-34-17-19-36-65(61)70(56-30-14-5-15-31-56)66-47-51(39-43-62(66)67)49-21-20-32-58(45-49)68(54-26-10-3-11-27-54)57-41-37-48(38-42-57)50-40-44-64-60(46-50)59-33-16-18-35-63(59)69(64)55-28-12-4-13-29-55/h1-47H. The molecule has 1 aliphatic rings. The molecular formula is C67H47N3. The summed E-state index contributed by atoms with van der Waals surface area (Å²) in [7, 11) is 0. The molecule has 0 aliphatic carbocycles.